The fraction of sp³-hybridized carbons (Fsp3) is 0.409. The highest BCUT2D eigenvalue weighted by Gasteiger charge is 2.42. The van der Waals surface area contributed by atoms with Crippen LogP contribution in [0.2, 0.25) is 0 Å². The first kappa shape index (κ1) is 24.0. The fourth-order valence-electron chi connectivity index (χ4n) is 4.12. The van der Waals surface area contributed by atoms with Crippen molar-refractivity contribution in [2.45, 2.75) is 50.2 Å². The van der Waals surface area contributed by atoms with Crippen LogP contribution in [0.5, 0.6) is 0 Å². The normalized spacial score (nSPS) is 22.7. The monoisotopic (exact) mass is 463 g/mol. The molecule has 0 bridgehead atoms. The van der Waals surface area contributed by atoms with Crippen molar-refractivity contribution in [2.75, 3.05) is 0 Å². The molecule has 1 aliphatic carbocycles. The first-order valence-electron chi connectivity index (χ1n) is 9.77. The Labute approximate surface area is 179 Å². The molecule has 1 saturated carbocycles. The van der Waals surface area contributed by atoms with E-state index in [4.69, 9.17) is 10.5 Å². The van der Waals surface area contributed by atoms with E-state index < -0.39 is 59.2 Å². The predicted octanol–water partition coefficient (Wildman–Crippen LogP) is 5.99. The van der Waals surface area contributed by atoms with E-state index >= 15 is 0 Å². The van der Waals surface area contributed by atoms with E-state index in [1.54, 1.807) is 0 Å². The van der Waals surface area contributed by atoms with Crippen LogP contribution < -0.4 is 5.73 Å². The van der Waals surface area contributed by atoms with E-state index in [-0.39, 0.29) is 11.6 Å². The van der Waals surface area contributed by atoms with Crippen molar-refractivity contribution in [3.63, 3.8) is 0 Å². The van der Waals surface area contributed by atoms with Gasteiger partial charge in [-0.3, -0.25) is 4.79 Å². The minimum Gasteiger partial charge on any atom is -0.370 e. The zero-order chi connectivity index (χ0) is 23.8. The second-order valence-electron chi connectivity index (χ2n) is 7.82. The van der Waals surface area contributed by atoms with Crippen LogP contribution in [-0.2, 0) is 21.9 Å². The molecule has 1 aliphatic rings. The fourth-order valence-corrected chi connectivity index (χ4v) is 4.12. The summed E-state index contributed by atoms with van der Waals surface area (Å²) in [6.07, 6.45) is -11.2. The molecule has 0 heterocycles. The summed E-state index contributed by atoms with van der Waals surface area (Å²) < 4.78 is 98.2. The quantitative estimate of drug-likeness (QED) is 0.554. The molecule has 1 fully saturated rings. The zero-order valence-corrected chi connectivity index (χ0v) is 16.8. The molecule has 10 heteroatoms. The molecule has 4 atom stereocenters. The zero-order valence-electron chi connectivity index (χ0n) is 16.8. The van der Waals surface area contributed by atoms with Crippen molar-refractivity contribution < 1.29 is 40.3 Å². The van der Waals surface area contributed by atoms with Gasteiger partial charge in [0.25, 0.3) is 0 Å². The van der Waals surface area contributed by atoms with Crippen LogP contribution in [0, 0.1) is 11.7 Å². The van der Waals surface area contributed by atoms with Crippen LogP contribution in [0.3, 0.4) is 0 Å². The highest BCUT2D eigenvalue weighted by molar-refractivity contribution is 5.78. The number of benzene rings is 2. The third-order valence-electron chi connectivity index (χ3n) is 5.67. The minimum atomic E-state index is -4.98. The van der Waals surface area contributed by atoms with Gasteiger partial charge in [0.15, 0.2) is 0 Å². The maximum atomic E-state index is 13.3. The van der Waals surface area contributed by atoms with Gasteiger partial charge in [0.1, 0.15) is 5.82 Å². The molecule has 0 aliphatic heterocycles. The van der Waals surface area contributed by atoms with Gasteiger partial charge in [0.2, 0.25) is 5.91 Å². The molecule has 3 rings (SSSR count). The Morgan fingerprint density at radius 3 is 1.97 bits per heavy atom. The Morgan fingerprint density at radius 1 is 0.969 bits per heavy atom. The van der Waals surface area contributed by atoms with Gasteiger partial charge >= 0.3 is 12.4 Å². The van der Waals surface area contributed by atoms with Crippen LogP contribution >= 0.6 is 0 Å². The summed E-state index contributed by atoms with van der Waals surface area (Å²) in [5, 5.41) is 0. The summed E-state index contributed by atoms with van der Waals surface area (Å²) in [7, 11) is 0. The van der Waals surface area contributed by atoms with Gasteiger partial charge in [0, 0.05) is 11.8 Å². The van der Waals surface area contributed by atoms with Gasteiger partial charge in [-0.2, -0.15) is 26.3 Å². The van der Waals surface area contributed by atoms with Crippen molar-refractivity contribution in [3.05, 3.63) is 70.5 Å². The largest absolute Gasteiger partial charge is 0.416 e. The smallest absolute Gasteiger partial charge is 0.370 e. The van der Waals surface area contributed by atoms with Crippen molar-refractivity contribution in [3.8, 4) is 0 Å². The van der Waals surface area contributed by atoms with Crippen molar-refractivity contribution >= 4 is 5.91 Å². The Morgan fingerprint density at radius 2 is 1.50 bits per heavy atom. The molecule has 3 nitrogen and oxygen atoms in total. The van der Waals surface area contributed by atoms with Crippen LogP contribution in [0.25, 0.3) is 0 Å². The van der Waals surface area contributed by atoms with Crippen LogP contribution in [0.15, 0.2) is 42.5 Å². The summed E-state index contributed by atoms with van der Waals surface area (Å²) in [5.41, 5.74) is 2.85. The number of halogens is 7. The van der Waals surface area contributed by atoms with Gasteiger partial charge in [-0.05, 0) is 61.2 Å². The highest BCUT2D eigenvalue weighted by Crippen LogP contribution is 2.44. The number of ether oxygens (including phenoxy) is 1. The summed E-state index contributed by atoms with van der Waals surface area (Å²) in [6.45, 7) is 1.34. The molecule has 2 N–H and O–H groups in total. The van der Waals surface area contributed by atoms with Gasteiger partial charge in [-0.25, -0.2) is 4.39 Å². The van der Waals surface area contributed by atoms with Gasteiger partial charge in [-0.1, -0.05) is 12.1 Å². The lowest BCUT2D eigenvalue weighted by atomic mass is 9.87. The Kier molecular flexibility index (Phi) is 6.55. The number of alkyl halides is 6. The topological polar surface area (TPSA) is 52.3 Å². The molecule has 0 aromatic heterocycles. The predicted molar refractivity (Wildman–Crippen MR) is 101 cm³/mol. The third kappa shape index (κ3) is 5.23. The number of carbonyl (C=O) groups is 1. The minimum absolute atomic E-state index is 0.0518. The first-order chi connectivity index (χ1) is 14.8. The molecular formula is C22H20F7NO2. The Bertz CT molecular complexity index is 937. The molecule has 2 aromatic rings. The Balaban J connectivity index is 1.93. The highest BCUT2D eigenvalue weighted by atomic mass is 19.4. The number of hydrogen-bond acceptors (Lipinski definition) is 2. The Hall–Kier alpha value is -2.62. The maximum Gasteiger partial charge on any atom is 0.416 e. The molecule has 1 amide bonds. The van der Waals surface area contributed by atoms with Crippen LogP contribution in [-0.4, -0.2) is 12.0 Å². The van der Waals surface area contributed by atoms with Crippen LogP contribution in [0.1, 0.15) is 54.0 Å². The lowest BCUT2D eigenvalue weighted by molar-refractivity contribution is -0.143. The number of rotatable bonds is 5. The van der Waals surface area contributed by atoms with E-state index in [2.05, 4.69) is 0 Å². The number of nitrogens with two attached hydrogens (primary N) is 1. The van der Waals surface area contributed by atoms with Crippen LogP contribution in [0.4, 0.5) is 30.7 Å². The molecule has 4 unspecified atom stereocenters. The SMILES string of the molecule is CC(OC1CCC(C(N)=O)C1c1ccc(F)cc1)c1cc(C(F)(F)F)cc(C(F)(F)F)c1. The molecular weight excluding hydrogens is 443 g/mol. The molecule has 174 valence electrons. The van der Waals surface area contributed by atoms with E-state index in [1.165, 1.54) is 31.2 Å². The lowest BCUT2D eigenvalue weighted by Gasteiger charge is -2.28. The van der Waals surface area contributed by atoms with E-state index in [0.717, 1.165) is 0 Å². The number of carbonyl (C=O) groups excluding carboxylic acids is 1. The molecule has 0 saturated heterocycles. The first-order valence-corrected chi connectivity index (χ1v) is 9.77. The van der Waals surface area contributed by atoms with Crippen molar-refractivity contribution in [1.82, 2.24) is 0 Å². The van der Waals surface area contributed by atoms with E-state index in [1.807, 2.05) is 0 Å². The molecule has 2 aromatic carbocycles. The van der Waals surface area contributed by atoms with Gasteiger partial charge < -0.3 is 10.5 Å². The number of amides is 1. The molecule has 0 radical (unpaired) electrons. The number of hydrogen-bond donors (Lipinski definition) is 1. The summed E-state index contributed by atoms with van der Waals surface area (Å²) in [4.78, 5) is 11.9. The van der Waals surface area contributed by atoms with E-state index in [0.29, 0.717) is 30.5 Å². The third-order valence-corrected chi connectivity index (χ3v) is 5.67. The standard InChI is InChI=1S/C22H20F7NO2/c1-11(13-8-14(21(24,25)26)10-15(9-13)22(27,28)29)32-18-7-6-17(20(30)31)19(18)12-2-4-16(23)5-3-12/h2-5,8-11,17-19H,6-7H2,1H3,(H2,30,31). The van der Waals surface area contributed by atoms with Crippen molar-refractivity contribution in [1.29, 1.82) is 0 Å². The van der Waals surface area contributed by atoms with Gasteiger partial charge in [-0.15, -0.1) is 0 Å². The number of primary amides is 1. The average molecular weight is 463 g/mol. The maximum absolute atomic E-state index is 13.3. The van der Waals surface area contributed by atoms with E-state index in [9.17, 15) is 35.5 Å². The summed E-state index contributed by atoms with van der Waals surface area (Å²) in [6, 6.07) is 6.57. The average Bonchev–Trinajstić information content (AvgIpc) is 3.10. The van der Waals surface area contributed by atoms with Crippen molar-refractivity contribution in [2.24, 2.45) is 11.7 Å². The second kappa shape index (κ2) is 8.73. The lowest BCUT2D eigenvalue weighted by Crippen LogP contribution is -2.30. The molecule has 32 heavy (non-hydrogen) atoms. The summed E-state index contributed by atoms with van der Waals surface area (Å²) in [5.74, 6) is -2.39. The second-order valence-corrected chi connectivity index (χ2v) is 7.82. The van der Waals surface area contributed by atoms with Gasteiger partial charge in [0.05, 0.1) is 23.3 Å². The summed E-state index contributed by atoms with van der Waals surface area (Å²) >= 11 is 0. The molecule has 0 spiro atoms.